The van der Waals surface area contributed by atoms with Gasteiger partial charge in [0.2, 0.25) is 0 Å². The van der Waals surface area contributed by atoms with E-state index >= 15 is 0 Å². The number of aliphatic carboxylic acids is 1. The smallest absolute Gasteiger partial charge is 0.336 e. The van der Waals surface area contributed by atoms with Gasteiger partial charge < -0.3 is 9.84 Å². The largest absolute Gasteiger partial charge is 0.497 e. The fourth-order valence-electron chi connectivity index (χ4n) is 3.46. The summed E-state index contributed by atoms with van der Waals surface area (Å²) in [5, 5.41) is 26.7. The molecule has 1 aromatic heterocycles. The molecule has 3 aromatic carbocycles. The molecule has 8 heteroatoms. The number of hydrogen-bond donors (Lipinski definition) is 1. The first-order valence-electron chi connectivity index (χ1n) is 9.87. The van der Waals surface area contributed by atoms with E-state index in [2.05, 4.69) is 10.3 Å². The van der Waals surface area contributed by atoms with Crippen LogP contribution in [0.15, 0.2) is 76.9 Å². The molecule has 0 aliphatic carbocycles. The Kier molecular flexibility index (Phi) is 5.96. The van der Waals surface area contributed by atoms with Crippen LogP contribution < -0.4 is 4.74 Å². The van der Waals surface area contributed by atoms with Gasteiger partial charge in [-0.2, -0.15) is 5.26 Å². The quantitative estimate of drug-likeness (QED) is 0.337. The van der Waals surface area contributed by atoms with Crippen LogP contribution in [0.1, 0.15) is 27.0 Å². The maximum atomic E-state index is 13.5. The Morgan fingerprint density at radius 3 is 2.27 bits per heavy atom. The van der Waals surface area contributed by atoms with Gasteiger partial charge in [0.1, 0.15) is 16.8 Å². The number of ether oxygens (including phenoxy) is 1. The van der Waals surface area contributed by atoms with Crippen LogP contribution >= 0.6 is 0 Å². The van der Waals surface area contributed by atoms with Crippen molar-refractivity contribution in [2.75, 3.05) is 7.11 Å². The molecule has 1 N–H and O–H groups in total. The predicted octanol–water partition coefficient (Wildman–Crippen LogP) is 4.07. The lowest BCUT2D eigenvalue weighted by molar-refractivity contribution is -0.130. The number of rotatable bonds is 7. The summed E-state index contributed by atoms with van der Waals surface area (Å²) in [6, 6.07) is 19.8. The molecule has 33 heavy (non-hydrogen) atoms. The summed E-state index contributed by atoms with van der Waals surface area (Å²) in [7, 11) is 1.52. The molecule has 0 spiro atoms. The minimum Gasteiger partial charge on any atom is -0.497 e. The second-order valence-electron chi connectivity index (χ2n) is 7.17. The number of nitriles is 1. The van der Waals surface area contributed by atoms with Gasteiger partial charge in [-0.15, -0.1) is 0 Å². The third-order valence-corrected chi connectivity index (χ3v) is 5.15. The average molecular weight is 439 g/mol. The van der Waals surface area contributed by atoms with Crippen molar-refractivity contribution in [3.05, 3.63) is 94.6 Å². The number of nitrogens with zero attached hydrogens (tertiary/aromatic N) is 3. The standard InChI is InChI=1S/C25H17N3O5/c1-32-19-9-6-17(7-10-19)24(29)20(12-15-2-4-16(14-26)5-3-15)23(25(30)31)18-8-11-21-22(13-18)28-33-27-21/h2-11,13H,12H2,1H3,(H,30,31). The van der Waals surface area contributed by atoms with Crippen LogP contribution in [0.5, 0.6) is 5.75 Å². The van der Waals surface area contributed by atoms with Crippen LogP contribution in [0.2, 0.25) is 0 Å². The topological polar surface area (TPSA) is 126 Å². The summed E-state index contributed by atoms with van der Waals surface area (Å²) >= 11 is 0. The zero-order valence-electron chi connectivity index (χ0n) is 17.5. The van der Waals surface area contributed by atoms with E-state index in [1.807, 2.05) is 6.07 Å². The highest BCUT2D eigenvalue weighted by atomic mass is 16.6. The Hall–Kier alpha value is -4.77. The molecule has 8 nitrogen and oxygen atoms in total. The van der Waals surface area contributed by atoms with Crippen molar-refractivity contribution >= 4 is 28.4 Å². The maximum Gasteiger partial charge on any atom is 0.336 e. The lowest BCUT2D eigenvalue weighted by Crippen LogP contribution is -2.14. The first-order chi connectivity index (χ1) is 16.0. The molecule has 4 aromatic rings. The zero-order chi connectivity index (χ0) is 23.4. The van der Waals surface area contributed by atoms with Gasteiger partial charge in [-0.05, 0) is 70.0 Å². The third-order valence-electron chi connectivity index (χ3n) is 5.15. The molecule has 0 fully saturated rings. The van der Waals surface area contributed by atoms with Gasteiger partial charge in [-0.25, -0.2) is 9.42 Å². The van der Waals surface area contributed by atoms with E-state index in [1.165, 1.54) is 13.2 Å². The van der Waals surface area contributed by atoms with Gasteiger partial charge in [-0.1, -0.05) is 18.2 Å². The molecule has 0 radical (unpaired) electrons. The first kappa shape index (κ1) is 21.5. The van der Waals surface area contributed by atoms with Crippen LogP contribution in [0.3, 0.4) is 0 Å². The van der Waals surface area contributed by atoms with Gasteiger partial charge in [0, 0.05) is 17.6 Å². The molecule has 0 amide bonds. The summed E-state index contributed by atoms with van der Waals surface area (Å²) < 4.78 is 9.86. The number of allylic oxidation sites excluding steroid dienone is 1. The predicted molar refractivity (Wildman–Crippen MR) is 119 cm³/mol. The second-order valence-corrected chi connectivity index (χ2v) is 7.17. The molecule has 0 bridgehead atoms. The number of hydrogen-bond acceptors (Lipinski definition) is 7. The van der Waals surface area contributed by atoms with E-state index < -0.39 is 11.8 Å². The number of ketones is 1. The fourth-order valence-corrected chi connectivity index (χ4v) is 3.46. The highest BCUT2D eigenvalue weighted by Gasteiger charge is 2.24. The van der Waals surface area contributed by atoms with Crippen molar-refractivity contribution in [1.29, 1.82) is 5.26 Å². The molecule has 1 heterocycles. The fraction of sp³-hybridized carbons (Fsp3) is 0.0800. The van der Waals surface area contributed by atoms with E-state index in [-0.39, 0.29) is 17.6 Å². The monoisotopic (exact) mass is 439 g/mol. The van der Waals surface area contributed by atoms with Crippen molar-refractivity contribution < 1.29 is 24.1 Å². The number of Topliss-reactive ketones (excluding diaryl/α,β-unsaturated/α-hetero) is 1. The number of aromatic nitrogens is 2. The minimum absolute atomic E-state index is 0.0489. The Balaban J connectivity index is 1.88. The zero-order valence-corrected chi connectivity index (χ0v) is 17.5. The normalized spacial score (nSPS) is 11.5. The first-order valence-corrected chi connectivity index (χ1v) is 9.87. The number of carboxylic acid groups (broad SMARTS) is 1. The lowest BCUT2D eigenvalue weighted by Gasteiger charge is -2.13. The molecule has 4 rings (SSSR count). The van der Waals surface area contributed by atoms with Gasteiger partial charge in [0.05, 0.1) is 24.3 Å². The SMILES string of the molecule is COc1ccc(C(=O)C(Cc2ccc(C#N)cc2)=C(C(=O)O)c2ccc3nonc3c2)cc1. The van der Waals surface area contributed by atoms with Crippen molar-refractivity contribution in [3.63, 3.8) is 0 Å². The van der Waals surface area contributed by atoms with Crippen LogP contribution in [0.25, 0.3) is 16.6 Å². The molecule has 162 valence electrons. The summed E-state index contributed by atoms with van der Waals surface area (Å²) in [5.74, 6) is -1.11. The summed E-state index contributed by atoms with van der Waals surface area (Å²) in [6.07, 6.45) is 0.0489. The Labute approximate surface area is 188 Å². The van der Waals surface area contributed by atoms with Crippen molar-refractivity contribution in [3.8, 4) is 11.8 Å². The van der Waals surface area contributed by atoms with Crippen molar-refractivity contribution in [2.24, 2.45) is 0 Å². The highest BCUT2D eigenvalue weighted by Crippen LogP contribution is 2.28. The van der Waals surface area contributed by atoms with Crippen LogP contribution in [0.4, 0.5) is 0 Å². The molecule has 0 aliphatic heterocycles. The van der Waals surface area contributed by atoms with Gasteiger partial charge in [0.25, 0.3) is 0 Å². The maximum absolute atomic E-state index is 13.5. The lowest BCUT2D eigenvalue weighted by atomic mass is 9.89. The molecule has 0 unspecified atom stereocenters. The summed E-state index contributed by atoms with van der Waals surface area (Å²) in [6.45, 7) is 0. The molecule has 0 aliphatic rings. The average Bonchev–Trinajstić information content (AvgIpc) is 3.31. The summed E-state index contributed by atoms with van der Waals surface area (Å²) in [5.41, 5.74) is 2.57. The third kappa shape index (κ3) is 4.48. The number of benzene rings is 3. The van der Waals surface area contributed by atoms with Gasteiger partial charge in [-0.3, -0.25) is 4.79 Å². The van der Waals surface area contributed by atoms with E-state index in [0.29, 0.717) is 39.0 Å². The molecule has 0 saturated carbocycles. The molecular weight excluding hydrogens is 422 g/mol. The van der Waals surface area contributed by atoms with Crippen LogP contribution in [-0.4, -0.2) is 34.3 Å². The Bertz CT molecular complexity index is 1410. The van der Waals surface area contributed by atoms with Crippen LogP contribution in [-0.2, 0) is 11.2 Å². The molecule has 0 saturated heterocycles. The Morgan fingerprint density at radius 1 is 0.970 bits per heavy atom. The Morgan fingerprint density at radius 2 is 1.64 bits per heavy atom. The van der Waals surface area contributed by atoms with Crippen LogP contribution in [0, 0.1) is 11.3 Å². The van der Waals surface area contributed by atoms with Crippen molar-refractivity contribution in [1.82, 2.24) is 10.3 Å². The van der Waals surface area contributed by atoms with Crippen molar-refractivity contribution in [2.45, 2.75) is 6.42 Å². The number of fused-ring (bicyclic) bond motifs is 1. The molecule has 0 atom stereocenters. The van der Waals surface area contributed by atoms with E-state index in [0.717, 1.165) is 0 Å². The number of carbonyl (C=O) groups is 2. The molecular formula is C25H17N3O5. The number of carboxylic acids is 1. The van der Waals surface area contributed by atoms with E-state index in [1.54, 1.807) is 60.7 Å². The second kappa shape index (κ2) is 9.16. The van der Waals surface area contributed by atoms with Gasteiger partial charge >= 0.3 is 5.97 Å². The summed E-state index contributed by atoms with van der Waals surface area (Å²) in [4.78, 5) is 26.0. The van der Waals surface area contributed by atoms with E-state index in [9.17, 15) is 14.7 Å². The number of carbonyl (C=O) groups excluding carboxylic acids is 1. The number of methoxy groups -OCH3 is 1. The highest BCUT2D eigenvalue weighted by molar-refractivity contribution is 6.26. The minimum atomic E-state index is -1.25. The van der Waals surface area contributed by atoms with Gasteiger partial charge in [0.15, 0.2) is 5.78 Å². The van der Waals surface area contributed by atoms with E-state index in [4.69, 9.17) is 14.6 Å².